The zero-order chi connectivity index (χ0) is 19.3. The van der Waals surface area contributed by atoms with Crippen molar-refractivity contribution in [1.82, 2.24) is 4.57 Å². The van der Waals surface area contributed by atoms with Crippen LogP contribution in [0.4, 0.5) is 0 Å². The second-order valence-corrected chi connectivity index (χ2v) is 8.66. The molecule has 0 radical (unpaired) electrons. The third-order valence-corrected chi connectivity index (χ3v) is 7.06. The molecule has 4 unspecified atom stereocenters. The Kier molecular flexibility index (Phi) is 6.98. The van der Waals surface area contributed by atoms with Gasteiger partial charge in [0.1, 0.15) is 12.1 Å². The van der Waals surface area contributed by atoms with Crippen LogP contribution in [-0.2, 0) is 19.9 Å². The molecule has 1 aromatic heterocycles. The topological polar surface area (TPSA) is 13.8 Å². The number of nitrogens with one attached hydrogen (secondary N) is 2. The van der Waals surface area contributed by atoms with E-state index in [9.17, 15) is 0 Å². The maximum absolute atomic E-state index is 2.55. The summed E-state index contributed by atoms with van der Waals surface area (Å²) < 4.78 is 2.55. The summed E-state index contributed by atoms with van der Waals surface area (Å²) in [6.07, 6.45) is 2.35. The number of nitrogens with zero attached hydrogens (tertiary/aromatic N) is 1. The molecular formula is C25H31Cl2N3. The first-order valence-corrected chi connectivity index (χ1v) is 10.6. The lowest BCUT2D eigenvalue weighted by molar-refractivity contribution is -0.912. The molecule has 2 aliphatic heterocycles. The van der Waals surface area contributed by atoms with Gasteiger partial charge in [0, 0.05) is 53.5 Å². The lowest BCUT2D eigenvalue weighted by atomic mass is 9.83. The van der Waals surface area contributed by atoms with Crippen molar-refractivity contribution in [3.05, 3.63) is 94.3 Å². The highest BCUT2D eigenvalue weighted by atomic mass is 35.5. The predicted molar refractivity (Wildman–Crippen MR) is 113 cm³/mol. The van der Waals surface area contributed by atoms with Crippen molar-refractivity contribution in [1.29, 1.82) is 0 Å². The Labute approximate surface area is 192 Å². The molecule has 5 rings (SSSR count). The van der Waals surface area contributed by atoms with Crippen molar-refractivity contribution in [3.63, 3.8) is 0 Å². The van der Waals surface area contributed by atoms with Crippen LogP contribution in [0.25, 0.3) is 0 Å². The molecule has 2 aromatic carbocycles. The molecule has 160 valence electrons. The molecule has 0 spiro atoms. The van der Waals surface area contributed by atoms with Crippen LogP contribution in [0, 0.1) is 0 Å². The van der Waals surface area contributed by atoms with Crippen LogP contribution in [0.3, 0.4) is 0 Å². The number of rotatable bonds is 2. The molecular weight excluding hydrogens is 413 g/mol. The molecule has 2 N–H and O–H groups in total. The first-order chi connectivity index (χ1) is 13.7. The predicted octanol–water partition coefficient (Wildman–Crippen LogP) is -4.65. The van der Waals surface area contributed by atoms with Gasteiger partial charge in [-0.1, -0.05) is 60.7 Å². The number of aromatic nitrogens is 1. The van der Waals surface area contributed by atoms with Gasteiger partial charge in [-0.25, -0.2) is 0 Å². The first-order valence-electron chi connectivity index (χ1n) is 10.6. The SMILES string of the molecule is Cn1c2c(c3c1CC[NH+](C)C3c1ccccc1)C(c1ccccc1)[NH+](C)CC2.[Cl-].[Cl-]. The maximum Gasteiger partial charge on any atom is 0.141 e. The Hall–Kier alpha value is -1.78. The van der Waals surface area contributed by atoms with Crippen molar-refractivity contribution < 1.29 is 34.6 Å². The monoisotopic (exact) mass is 443 g/mol. The van der Waals surface area contributed by atoms with Crippen molar-refractivity contribution in [2.75, 3.05) is 27.2 Å². The summed E-state index contributed by atoms with van der Waals surface area (Å²) in [6.45, 7) is 2.39. The van der Waals surface area contributed by atoms with E-state index in [1.165, 1.54) is 37.1 Å². The average molecular weight is 444 g/mol. The third-order valence-electron chi connectivity index (χ3n) is 7.06. The summed E-state index contributed by atoms with van der Waals surface area (Å²) in [5, 5.41) is 0. The van der Waals surface area contributed by atoms with E-state index in [0.717, 1.165) is 0 Å². The van der Waals surface area contributed by atoms with Crippen LogP contribution in [0.5, 0.6) is 0 Å². The molecule has 0 aliphatic carbocycles. The summed E-state index contributed by atoms with van der Waals surface area (Å²) in [5.74, 6) is 0. The summed E-state index contributed by atoms with van der Waals surface area (Å²) in [7, 11) is 7.05. The van der Waals surface area contributed by atoms with Gasteiger partial charge in [0.15, 0.2) is 0 Å². The van der Waals surface area contributed by atoms with Gasteiger partial charge in [-0.3, -0.25) is 0 Å². The number of halogens is 2. The van der Waals surface area contributed by atoms with E-state index in [1.807, 2.05) is 0 Å². The Balaban J connectivity index is 0.00000128. The molecule has 0 amide bonds. The summed E-state index contributed by atoms with van der Waals surface area (Å²) in [5.41, 5.74) is 9.26. The van der Waals surface area contributed by atoms with E-state index < -0.39 is 0 Å². The van der Waals surface area contributed by atoms with Gasteiger partial charge >= 0.3 is 0 Å². The highest BCUT2D eigenvalue weighted by Crippen LogP contribution is 2.38. The summed E-state index contributed by atoms with van der Waals surface area (Å²) in [4.78, 5) is 3.23. The number of fused-ring (bicyclic) bond motifs is 3. The number of quaternary nitrogens is 2. The Morgan fingerprint density at radius 1 is 0.667 bits per heavy atom. The van der Waals surface area contributed by atoms with E-state index in [0.29, 0.717) is 12.1 Å². The zero-order valence-electron chi connectivity index (χ0n) is 18.0. The lowest BCUT2D eigenvalue weighted by Gasteiger charge is -2.35. The number of likely N-dealkylation sites (N-methyl/N-ethyl adjacent to an activating group) is 2. The van der Waals surface area contributed by atoms with Gasteiger partial charge in [0.25, 0.3) is 0 Å². The van der Waals surface area contributed by atoms with E-state index in [2.05, 4.69) is 86.4 Å². The normalized spacial score (nSPS) is 24.8. The molecule has 5 heteroatoms. The van der Waals surface area contributed by atoms with Crippen LogP contribution in [0.2, 0.25) is 0 Å². The highest BCUT2D eigenvalue weighted by Gasteiger charge is 2.43. The molecule has 30 heavy (non-hydrogen) atoms. The van der Waals surface area contributed by atoms with Crippen molar-refractivity contribution >= 4 is 0 Å². The number of hydrogen-bond acceptors (Lipinski definition) is 0. The fourth-order valence-corrected chi connectivity index (χ4v) is 5.69. The molecule has 0 bridgehead atoms. The molecule has 4 atom stereocenters. The fraction of sp³-hybridized carbons (Fsp3) is 0.360. The first kappa shape index (κ1) is 22.9. The summed E-state index contributed by atoms with van der Waals surface area (Å²) >= 11 is 0. The van der Waals surface area contributed by atoms with Crippen LogP contribution in [0.1, 0.15) is 45.7 Å². The molecule has 3 heterocycles. The maximum atomic E-state index is 2.55. The van der Waals surface area contributed by atoms with Crippen molar-refractivity contribution in [2.24, 2.45) is 7.05 Å². The zero-order valence-corrected chi connectivity index (χ0v) is 19.5. The van der Waals surface area contributed by atoms with Crippen LogP contribution in [-0.4, -0.2) is 31.8 Å². The van der Waals surface area contributed by atoms with Crippen LogP contribution >= 0.6 is 0 Å². The van der Waals surface area contributed by atoms with Gasteiger partial charge in [-0.15, -0.1) is 0 Å². The number of benzene rings is 2. The molecule has 3 aromatic rings. The second kappa shape index (κ2) is 9.15. The van der Waals surface area contributed by atoms with Crippen molar-refractivity contribution in [3.8, 4) is 0 Å². The van der Waals surface area contributed by atoms with Crippen molar-refractivity contribution in [2.45, 2.75) is 24.9 Å². The lowest BCUT2D eigenvalue weighted by Crippen LogP contribution is -3.11. The van der Waals surface area contributed by atoms with Gasteiger partial charge in [0.05, 0.1) is 27.2 Å². The smallest absolute Gasteiger partial charge is 0.141 e. The second-order valence-electron chi connectivity index (χ2n) is 8.66. The molecule has 0 fully saturated rings. The largest absolute Gasteiger partial charge is 1.00 e. The van der Waals surface area contributed by atoms with Gasteiger partial charge < -0.3 is 39.2 Å². The quantitative estimate of drug-likeness (QED) is 0.395. The van der Waals surface area contributed by atoms with E-state index in [4.69, 9.17) is 0 Å². The summed E-state index contributed by atoms with van der Waals surface area (Å²) in [6, 6.07) is 23.2. The molecule has 2 aliphatic rings. The Bertz CT molecular complexity index is 906. The van der Waals surface area contributed by atoms with Gasteiger partial charge in [0.2, 0.25) is 0 Å². The Morgan fingerprint density at radius 2 is 1.03 bits per heavy atom. The van der Waals surface area contributed by atoms with Gasteiger partial charge in [-0.2, -0.15) is 0 Å². The standard InChI is InChI=1S/C25H29N3.2ClH/c1-26-16-14-20-22(24(26)18-10-6-4-7-11-18)23-21(28(20)3)15-17-27(2)25(23)19-12-8-5-9-13-19;;/h4-13,24-25H,14-17H2,1-3H3;2*1H. The molecule has 0 saturated heterocycles. The minimum atomic E-state index is 0. The fourth-order valence-electron chi connectivity index (χ4n) is 5.69. The molecule has 0 saturated carbocycles. The Morgan fingerprint density at radius 3 is 1.40 bits per heavy atom. The number of hydrogen-bond donors (Lipinski definition) is 2. The average Bonchev–Trinajstić information content (AvgIpc) is 3.01. The third kappa shape index (κ3) is 3.58. The van der Waals surface area contributed by atoms with Crippen LogP contribution < -0.4 is 34.6 Å². The minimum Gasteiger partial charge on any atom is -1.00 e. The highest BCUT2D eigenvalue weighted by molar-refractivity contribution is 5.49. The van der Waals surface area contributed by atoms with E-state index in [1.54, 1.807) is 32.3 Å². The van der Waals surface area contributed by atoms with Crippen LogP contribution in [0.15, 0.2) is 60.7 Å². The van der Waals surface area contributed by atoms with E-state index in [-0.39, 0.29) is 24.8 Å². The molecule has 3 nitrogen and oxygen atoms in total. The van der Waals surface area contributed by atoms with Gasteiger partial charge in [-0.05, 0) is 0 Å². The van der Waals surface area contributed by atoms with E-state index >= 15 is 0 Å². The minimum absolute atomic E-state index is 0.